The van der Waals surface area contributed by atoms with Gasteiger partial charge in [0.1, 0.15) is 5.69 Å². The molecule has 0 amide bonds. The van der Waals surface area contributed by atoms with Crippen molar-refractivity contribution in [2.45, 2.75) is 110 Å². The summed E-state index contributed by atoms with van der Waals surface area (Å²) in [6, 6.07) is 31.2. The number of carbonyl (C=O) groups is 1. The molecule has 0 saturated carbocycles. The van der Waals surface area contributed by atoms with Crippen LogP contribution in [0.15, 0.2) is 124 Å². The van der Waals surface area contributed by atoms with Gasteiger partial charge in [-0.1, -0.05) is 190 Å². The van der Waals surface area contributed by atoms with Gasteiger partial charge in [-0.15, -0.1) is 10.2 Å². The molecule has 5 aromatic rings. The summed E-state index contributed by atoms with van der Waals surface area (Å²) in [5, 5.41) is 12.4. The second-order valence-corrected chi connectivity index (χ2v) is 18.1. The smallest absolute Gasteiger partial charge is 0.289 e. The van der Waals surface area contributed by atoms with Gasteiger partial charge in [-0.25, -0.2) is 17.6 Å². The zero-order valence-electron chi connectivity index (χ0n) is 37.5. The normalized spacial score (nSPS) is 12.8. The minimum absolute atomic E-state index is 0.0797. The topological polar surface area (TPSA) is 139 Å². The van der Waals surface area contributed by atoms with Crippen molar-refractivity contribution < 1.29 is 35.5 Å². The molecule has 0 saturated heterocycles. The van der Waals surface area contributed by atoms with Crippen LogP contribution in [-0.2, 0) is 21.9 Å². The predicted octanol–water partition coefficient (Wildman–Crippen LogP) is 16.6. The van der Waals surface area contributed by atoms with Gasteiger partial charge in [0.15, 0.2) is 29.1 Å². The molecular formula is C48H51F7N8O. The number of halogens is 7. The summed E-state index contributed by atoms with van der Waals surface area (Å²) in [5.41, 5.74) is 17.8. The Morgan fingerprint density at radius 1 is 0.562 bits per heavy atom. The van der Waals surface area contributed by atoms with Crippen LogP contribution in [0.3, 0.4) is 0 Å². The van der Waals surface area contributed by atoms with Crippen molar-refractivity contribution >= 4 is 17.2 Å². The van der Waals surface area contributed by atoms with E-state index in [1.165, 1.54) is 37.1 Å². The Kier molecular flexibility index (Phi) is 16.8. The number of hydrogen-bond acceptors (Lipinski definition) is 5. The molecule has 1 aliphatic heterocycles. The lowest BCUT2D eigenvalue weighted by Gasteiger charge is -2.20. The maximum atomic E-state index is 13.3. The highest BCUT2D eigenvalue weighted by Crippen LogP contribution is 2.52. The van der Waals surface area contributed by atoms with Gasteiger partial charge in [-0.3, -0.25) is 4.79 Å². The fourth-order valence-corrected chi connectivity index (χ4v) is 5.88. The SMILES string of the molecule is CC(C)(C)c1ccc(C(=O)c2ccccc2)cc1.CC(C)(C)c1ccc(C2(C(F)(F)F)N=N2)cc1.CC(C)(C)c1ccc(N=[N+]=[N-])cc1.CC(C)c1c(F)c(F)c(N=[N+]=[N-])c(F)c1F. The van der Waals surface area contributed by atoms with Crippen LogP contribution in [0, 0.1) is 23.3 Å². The fraction of sp³-hybridized carbons (Fsp3) is 0.354. The van der Waals surface area contributed by atoms with Gasteiger partial charge in [-0.05, 0) is 49.9 Å². The number of carbonyl (C=O) groups excluding carboxylic acids is 1. The number of hydrogen-bond donors (Lipinski definition) is 0. The molecule has 9 nitrogen and oxygen atoms in total. The number of azide groups is 2. The number of alkyl halides is 3. The Hall–Kier alpha value is -6.50. The average molecular weight is 889 g/mol. The van der Waals surface area contributed by atoms with Crippen molar-refractivity contribution in [3.05, 3.63) is 186 Å². The van der Waals surface area contributed by atoms with E-state index in [0.29, 0.717) is 5.69 Å². The maximum Gasteiger partial charge on any atom is 0.442 e. The minimum atomic E-state index is -4.45. The molecule has 1 aliphatic rings. The predicted molar refractivity (Wildman–Crippen MR) is 236 cm³/mol. The first-order valence-electron chi connectivity index (χ1n) is 20.0. The Morgan fingerprint density at radius 3 is 1.28 bits per heavy atom. The monoisotopic (exact) mass is 888 g/mol. The van der Waals surface area contributed by atoms with Gasteiger partial charge >= 0.3 is 11.8 Å². The molecule has 6 rings (SSSR count). The molecule has 64 heavy (non-hydrogen) atoms. The summed E-state index contributed by atoms with van der Waals surface area (Å²) in [5.74, 6) is -7.08. The van der Waals surface area contributed by atoms with E-state index >= 15 is 0 Å². The van der Waals surface area contributed by atoms with Crippen molar-refractivity contribution in [3.8, 4) is 0 Å². The molecule has 5 aromatic carbocycles. The average Bonchev–Trinajstić information content (AvgIpc) is 4.05. The lowest BCUT2D eigenvalue weighted by Crippen LogP contribution is -2.30. The Labute approximate surface area is 368 Å². The number of nitrogens with zero attached hydrogens (tertiary/aromatic N) is 8. The van der Waals surface area contributed by atoms with E-state index < -0.39 is 52.3 Å². The van der Waals surface area contributed by atoms with Crippen LogP contribution in [0.2, 0.25) is 0 Å². The zero-order chi connectivity index (χ0) is 48.4. The third-order valence-electron chi connectivity index (χ3n) is 9.79. The van der Waals surface area contributed by atoms with Gasteiger partial charge < -0.3 is 0 Å². The van der Waals surface area contributed by atoms with Crippen molar-refractivity contribution in [3.63, 3.8) is 0 Å². The van der Waals surface area contributed by atoms with Crippen LogP contribution in [0.5, 0.6) is 0 Å². The quantitative estimate of drug-likeness (QED) is 0.0411. The van der Waals surface area contributed by atoms with E-state index in [9.17, 15) is 35.5 Å². The molecule has 0 unspecified atom stereocenters. The van der Waals surface area contributed by atoms with E-state index in [4.69, 9.17) is 11.1 Å². The first-order chi connectivity index (χ1) is 29.6. The van der Waals surface area contributed by atoms with Gasteiger partial charge in [0.2, 0.25) is 0 Å². The van der Waals surface area contributed by atoms with Crippen LogP contribution in [0.25, 0.3) is 20.9 Å². The maximum absolute atomic E-state index is 13.3. The lowest BCUT2D eigenvalue weighted by molar-refractivity contribution is -0.166. The molecule has 0 fully saturated rings. The number of rotatable bonds is 6. The Bertz CT molecular complexity index is 2470. The van der Waals surface area contributed by atoms with E-state index in [1.807, 2.05) is 99.6 Å². The van der Waals surface area contributed by atoms with Crippen LogP contribution >= 0.6 is 0 Å². The van der Waals surface area contributed by atoms with Crippen LogP contribution in [0.4, 0.5) is 42.1 Å². The molecule has 0 N–H and O–H groups in total. The lowest BCUT2D eigenvalue weighted by atomic mass is 9.86. The van der Waals surface area contributed by atoms with Gasteiger partial charge in [0.05, 0.1) is 0 Å². The van der Waals surface area contributed by atoms with Crippen molar-refractivity contribution in [2.24, 2.45) is 20.5 Å². The highest BCUT2D eigenvalue weighted by Gasteiger charge is 2.65. The fourth-order valence-electron chi connectivity index (χ4n) is 5.88. The molecule has 16 heteroatoms. The van der Waals surface area contributed by atoms with Crippen LogP contribution in [0.1, 0.15) is 126 Å². The summed E-state index contributed by atoms with van der Waals surface area (Å²) < 4.78 is 91.2. The first-order valence-corrected chi connectivity index (χ1v) is 20.0. The number of benzene rings is 5. The molecule has 0 atom stereocenters. The van der Waals surface area contributed by atoms with Crippen molar-refractivity contribution in [1.29, 1.82) is 0 Å². The third kappa shape index (κ3) is 13.3. The largest absolute Gasteiger partial charge is 0.442 e. The molecule has 0 bridgehead atoms. The summed E-state index contributed by atoms with van der Waals surface area (Å²) in [6.07, 6.45) is -4.45. The van der Waals surface area contributed by atoms with Gasteiger partial charge in [-0.2, -0.15) is 13.2 Å². The minimum Gasteiger partial charge on any atom is -0.289 e. The number of ketones is 1. The van der Waals surface area contributed by atoms with Crippen molar-refractivity contribution in [2.75, 3.05) is 0 Å². The highest BCUT2D eigenvalue weighted by molar-refractivity contribution is 6.08. The summed E-state index contributed by atoms with van der Waals surface area (Å²) in [6.45, 7) is 21.7. The summed E-state index contributed by atoms with van der Waals surface area (Å²) >= 11 is 0. The van der Waals surface area contributed by atoms with E-state index in [-0.39, 0.29) is 27.6 Å². The first kappa shape index (κ1) is 51.8. The zero-order valence-corrected chi connectivity index (χ0v) is 37.5. The highest BCUT2D eigenvalue weighted by atomic mass is 19.4. The Balaban J connectivity index is 0.000000228. The second kappa shape index (κ2) is 20.8. The molecule has 0 aromatic heterocycles. The van der Waals surface area contributed by atoms with Gasteiger partial charge in [0, 0.05) is 37.8 Å². The summed E-state index contributed by atoms with van der Waals surface area (Å²) in [4.78, 5) is 17.0. The standard InChI is InChI=1S/C17H18O.C12H13F3N2.C10H13N3.C9H7F4N3/c1-17(2,3)15-11-9-14(10-12-15)16(18)13-7-5-4-6-8-13;1-10(2,3)8-4-6-9(7-5-8)11(16-17-11)12(13,14)15;1-10(2,3)8-4-6-9(7-5-8)12-13-11;1-3(2)4-5(10)7(12)9(15-16-14)8(13)6(4)11/h4-12H,1-3H3;4-7H,1-3H3;4-7H,1-3H3;3H,1-2H3. The molecule has 1 heterocycles. The molecule has 338 valence electrons. The molecule has 0 aliphatic carbocycles. The molecular weight excluding hydrogens is 838 g/mol. The third-order valence-corrected chi connectivity index (χ3v) is 9.79. The summed E-state index contributed by atoms with van der Waals surface area (Å²) in [7, 11) is 0. The van der Waals surface area contributed by atoms with Crippen LogP contribution in [-0.4, -0.2) is 12.0 Å². The van der Waals surface area contributed by atoms with Crippen molar-refractivity contribution in [1.82, 2.24) is 0 Å². The second-order valence-electron chi connectivity index (χ2n) is 18.1. The Morgan fingerprint density at radius 2 is 0.938 bits per heavy atom. The molecule has 0 radical (unpaired) electrons. The van der Waals surface area contributed by atoms with E-state index in [0.717, 1.165) is 16.7 Å². The van der Waals surface area contributed by atoms with E-state index in [2.05, 4.69) is 71.8 Å². The van der Waals surface area contributed by atoms with Gasteiger partial charge in [0.25, 0.3) is 0 Å². The molecule has 0 spiro atoms. The van der Waals surface area contributed by atoms with E-state index in [1.54, 1.807) is 12.1 Å². The van der Waals surface area contributed by atoms with Crippen LogP contribution < -0.4 is 0 Å².